The van der Waals surface area contributed by atoms with E-state index in [4.69, 9.17) is 0 Å². The van der Waals surface area contributed by atoms with Crippen molar-refractivity contribution in [2.24, 2.45) is 0 Å². The molecule has 24 heavy (non-hydrogen) atoms. The maximum absolute atomic E-state index is 12.2. The standard InChI is InChI=1S/C15H12N6OS2/c22-15(12-7-11(18-19-12)13-3-1-5-23-13)16-8-10-9-21(20-17-10)14-4-2-6-24-14/h1-7,9H,8H2,(H,16,22)(H,18,19). The molecule has 0 atom stereocenters. The van der Waals surface area contributed by atoms with Gasteiger partial charge in [-0.05, 0) is 35.0 Å². The number of carbonyl (C=O) groups is 1. The molecule has 1 amide bonds. The van der Waals surface area contributed by atoms with Crippen molar-refractivity contribution in [3.8, 4) is 15.6 Å². The van der Waals surface area contributed by atoms with Crippen molar-refractivity contribution >= 4 is 28.6 Å². The summed E-state index contributed by atoms with van der Waals surface area (Å²) in [7, 11) is 0. The maximum Gasteiger partial charge on any atom is 0.272 e. The van der Waals surface area contributed by atoms with E-state index in [0.717, 1.165) is 15.6 Å². The molecule has 2 N–H and O–H groups in total. The molecule has 0 radical (unpaired) electrons. The van der Waals surface area contributed by atoms with E-state index in [0.29, 0.717) is 17.9 Å². The van der Waals surface area contributed by atoms with E-state index in [2.05, 4.69) is 25.8 Å². The van der Waals surface area contributed by atoms with Gasteiger partial charge in [0.05, 0.1) is 23.3 Å². The summed E-state index contributed by atoms with van der Waals surface area (Å²) in [6.07, 6.45) is 1.80. The highest BCUT2D eigenvalue weighted by Crippen LogP contribution is 2.22. The molecule has 4 aromatic heterocycles. The third-order valence-electron chi connectivity index (χ3n) is 3.30. The van der Waals surface area contributed by atoms with Crippen molar-refractivity contribution in [2.75, 3.05) is 0 Å². The van der Waals surface area contributed by atoms with Crippen LogP contribution >= 0.6 is 22.7 Å². The third-order valence-corrected chi connectivity index (χ3v) is 5.06. The molecule has 4 heterocycles. The lowest BCUT2D eigenvalue weighted by atomic mass is 10.3. The summed E-state index contributed by atoms with van der Waals surface area (Å²) in [6.45, 7) is 0.297. The molecule has 0 unspecified atom stereocenters. The Morgan fingerprint density at radius 1 is 1.25 bits per heavy atom. The lowest BCUT2D eigenvalue weighted by Gasteiger charge is -1.98. The second-order valence-corrected chi connectivity index (χ2v) is 6.81. The van der Waals surface area contributed by atoms with Crippen LogP contribution in [0.1, 0.15) is 16.2 Å². The van der Waals surface area contributed by atoms with Gasteiger partial charge < -0.3 is 5.32 Å². The summed E-state index contributed by atoms with van der Waals surface area (Å²) in [5.41, 5.74) is 1.87. The zero-order chi connectivity index (χ0) is 16.4. The van der Waals surface area contributed by atoms with Crippen LogP contribution in [0.25, 0.3) is 15.6 Å². The predicted octanol–water partition coefficient (Wildman–Crippen LogP) is 2.71. The molecular weight excluding hydrogens is 344 g/mol. The maximum atomic E-state index is 12.2. The minimum Gasteiger partial charge on any atom is -0.345 e. The Bertz CT molecular complexity index is 939. The molecular formula is C15H12N6OS2. The Morgan fingerprint density at radius 2 is 2.12 bits per heavy atom. The van der Waals surface area contributed by atoms with Crippen molar-refractivity contribution in [2.45, 2.75) is 6.54 Å². The fourth-order valence-electron chi connectivity index (χ4n) is 2.14. The number of rotatable bonds is 5. The molecule has 4 aromatic rings. The van der Waals surface area contributed by atoms with E-state index < -0.39 is 0 Å². The van der Waals surface area contributed by atoms with Gasteiger partial charge in [-0.15, -0.1) is 27.8 Å². The van der Waals surface area contributed by atoms with Crippen LogP contribution in [-0.2, 0) is 6.54 Å². The van der Waals surface area contributed by atoms with Gasteiger partial charge in [0, 0.05) is 0 Å². The first-order valence-electron chi connectivity index (χ1n) is 7.12. The number of aromatic amines is 1. The zero-order valence-electron chi connectivity index (χ0n) is 12.3. The lowest BCUT2D eigenvalue weighted by molar-refractivity contribution is 0.0945. The molecule has 0 saturated heterocycles. The van der Waals surface area contributed by atoms with Crippen molar-refractivity contribution in [3.63, 3.8) is 0 Å². The normalized spacial score (nSPS) is 10.8. The molecule has 0 aliphatic rings. The van der Waals surface area contributed by atoms with E-state index in [9.17, 15) is 4.79 Å². The minimum absolute atomic E-state index is 0.250. The van der Waals surface area contributed by atoms with Gasteiger partial charge in [-0.3, -0.25) is 9.89 Å². The van der Waals surface area contributed by atoms with E-state index in [-0.39, 0.29) is 5.91 Å². The van der Waals surface area contributed by atoms with Gasteiger partial charge in [0.15, 0.2) is 5.69 Å². The molecule has 0 bridgehead atoms. The molecule has 9 heteroatoms. The highest BCUT2D eigenvalue weighted by molar-refractivity contribution is 7.13. The van der Waals surface area contributed by atoms with Gasteiger partial charge >= 0.3 is 0 Å². The molecule has 4 rings (SSSR count). The Balaban J connectivity index is 1.40. The van der Waals surface area contributed by atoms with Crippen molar-refractivity contribution in [1.29, 1.82) is 0 Å². The fraction of sp³-hybridized carbons (Fsp3) is 0.0667. The molecule has 0 spiro atoms. The molecule has 0 aliphatic carbocycles. The Labute approximate surface area is 145 Å². The van der Waals surface area contributed by atoms with Gasteiger partial charge in [-0.25, -0.2) is 4.68 Å². The summed E-state index contributed by atoms with van der Waals surface area (Å²) in [5, 5.41) is 22.8. The van der Waals surface area contributed by atoms with Gasteiger partial charge in [0.1, 0.15) is 10.7 Å². The summed E-state index contributed by atoms with van der Waals surface area (Å²) in [6, 6.07) is 9.58. The second kappa shape index (κ2) is 6.38. The number of carbonyl (C=O) groups excluding carboxylic acids is 1. The summed E-state index contributed by atoms with van der Waals surface area (Å²) < 4.78 is 1.69. The topological polar surface area (TPSA) is 88.5 Å². The van der Waals surface area contributed by atoms with Gasteiger partial charge in [-0.1, -0.05) is 11.3 Å². The van der Waals surface area contributed by atoms with Crippen molar-refractivity contribution in [1.82, 2.24) is 30.5 Å². The highest BCUT2D eigenvalue weighted by Gasteiger charge is 2.12. The van der Waals surface area contributed by atoms with Crippen LogP contribution in [-0.4, -0.2) is 31.1 Å². The largest absolute Gasteiger partial charge is 0.345 e. The van der Waals surface area contributed by atoms with E-state index in [1.54, 1.807) is 39.6 Å². The molecule has 0 fully saturated rings. The smallest absolute Gasteiger partial charge is 0.272 e. The second-order valence-electron chi connectivity index (χ2n) is 4.93. The monoisotopic (exact) mass is 356 g/mol. The molecule has 0 aliphatic heterocycles. The van der Waals surface area contributed by atoms with E-state index in [1.165, 1.54) is 0 Å². The first kappa shape index (κ1) is 14.8. The van der Waals surface area contributed by atoms with Crippen molar-refractivity contribution in [3.05, 3.63) is 58.7 Å². The van der Waals surface area contributed by atoms with Crippen LogP contribution in [0.2, 0.25) is 0 Å². The number of nitrogens with zero attached hydrogens (tertiary/aromatic N) is 4. The number of hydrogen-bond acceptors (Lipinski definition) is 6. The van der Waals surface area contributed by atoms with Crippen LogP contribution in [0.15, 0.2) is 47.3 Å². The summed E-state index contributed by atoms with van der Waals surface area (Å²) in [5.74, 6) is -0.250. The number of thiophene rings is 2. The molecule has 120 valence electrons. The fourth-order valence-corrected chi connectivity index (χ4v) is 3.49. The number of H-pyrrole nitrogens is 1. The van der Waals surface area contributed by atoms with Crippen LogP contribution < -0.4 is 5.32 Å². The van der Waals surface area contributed by atoms with Gasteiger partial charge in [0.25, 0.3) is 5.91 Å². The van der Waals surface area contributed by atoms with Gasteiger partial charge in [0.2, 0.25) is 0 Å². The van der Waals surface area contributed by atoms with Crippen molar-refractivity contribution < 1.29 is 4.79 Å². The van der Waals surface area contributed by atoms with Gasteiger partial charge in [-0.2, -0.15) is 5.10 Å². The summed E-state index contributed by atoms with van der Waals surface area (Å²) >= 11 is 3.16. The molecule has 0 aromatic carbocycles. The summed E-state index contributed by atoms with van der Waals surface area (Å²) in [4.78, 5) is 13.2. The SMILES string of the molecule is O=C(NCc1cn(-c2cccs2)nn1)c1cc(-c2cccs2)[nH]n1. The van der Waals surface area contributed by atoms with Crippen LogP contribution in [0.4, 0.5) is 0 Å². The number of aromatic nitrogens is 5. The first-order chi connectivity index (χ1) is 11.8. The number of hydrogen-bond donors (Lipinski definition) is 2. The Kier molecular flexibility index (Phi) is 3.93. The third kappa shape index (κ3) is 2.99. The highest BCUT2D eigenvalue weighted by atomic mass is 32.1. The quantitative estimate of drug-likeness (QED) is 0.575. The molecule has 7 nitrogen and oxygen atoms in total. The lowest BCUT2D eigenvalue weighted by Crippen LogP contribution is -2.23. The molecule has 0 saturated carbocycles. The minimum atomic E-state index is -0.250. The number of amides is 1. The van der Waals surface area contributed by atoms with E-state index in [1.807, 2.05) is 35.0 Å². The van der Waals surface area contributed by atoms with Crippen LogP contribution in [0.5, 0.6) is 0 Å². The average Bonchev–Trinajstić information content (AvgIpc) is 3.40. The zero-order valence-corrected chi connectivity index (χ0v) is 14.0. The average molecular weight is 356 g/mol. The van der Waals surface area contributed by atoms with E-state index >= 15 is 0 Å². The van der Waals surface area contributed by atoms with Crippen LogP contribution in [0.3, 0.4) is 0 Å². The van der Waals surface area contributed by atoms with Crippen LogP contribution in [0, 0.1) is 0 Å². The predicted molar refractivity (Wildman–Crippen MR) is 92.3 cm³/mol. The first-order valence-corrected chi connectivity index (χ1v) is 8.88. The number of nitrogens with one attached hydrogen (secondary N) is 2. The Morgan fingerprint density at radius 3 is 2.92 bits per heavy atom. The Hall–Kier alpha value is -2.78.